The van der Waals surface area contributed by atoms with Crippen LogP contribution in [0.4, 0.5) is 5.69 Å². The van der Waals surface area contributed by atoms with Crippen LogP contribution in [-0.4, -0.2) is 18.5 Å². The van der Waals surface area contributed by atoms with Gasteiger partial charge in [0.15, 0.2) is 6.61 Å². The molecule has 0 spiro atoms. The molecule has 4 nitrogen and oxygen atoms in total. The number of terminal acetylenes is 1. The second-order valence-electron chi connectivity index (χ2n) is 4.79. The number of nitrogens with one attached hydrogen (secondary N) is 1. The van der Waals surface area contributed by atoms with Crippen molar-refractivity contribution in [1.29, 1.82) is 0 Å². The molecule has 0 radical (unpaired) electrons. The van der Waals surface area contributed by atoms with Crippen molar-refractivity contribution in [3.05, 3.63) is 42.5 Å². The van der Waals surface area contributed by atoms with Gasteiger partial charge in [-0.2, -0.15) is 0 Å². The largest absolute Gasteiger partial charge is 0.452 e. The smallest absolute Gasteiger partial charge is 0.306 e. The van der Waals surface area contributed by atoms with Crippen LogP contribution in [0.2, 0.25) is 0 Å². The first-order valence-corrected chi connectivity index (χ1v) is 7.07. The Bertz CT molecular complexity index is 710. The molecule has 1 amide bonds. The summed E-state index contributed by atoms with van der Waals surface area (Å²) in [5.41, 5.74) is 0.776. The minimum Gasteiger partial charge on any atom is -0.452 e. The molecule has 0 aliphatic rings. The molecule has 22 heavy (non-hydrogen) atoms. The van der Waals surface area contributed by atoms with E-state index in [4.69, 9.17) is 11.2 Å². The van der Waals surface area contributed by atoms with Crippen molar-refractivity contribution in [2.75, 3.05) is 11.9 Å². The van der Waals surface area contributed by atoms with Gasteiger partial charge in [0.2, 0.25) is 5.91 Å². The highest BCUT2D eigenvalue weighted by Gasteiger charge is 2.08. The fraction of sp³-hybridized carbons (Fsp3) is 0.222. The number of hydrogen-bond donors (Lipinski definition) is 1. The maximum absolute atomic E-state index is 12.0. The van der Waals surface area contributed by atoms with Crippen LogP contribution in [0, 0.1) is 12.3 Å². The fourth-order valence-electron chi connectivity index (χ4n) is 2.13. The Hall–Kier alpha value is -2.80. The maximum atomic E-state index is 12.0. The molecule has 0 atom stereocenters. The van der Waals surface area contributed by atoms with E-state index in [9.17, 15) is 9.59 Å². The Labute approximate surface area is 129 Å². The molecule has 0 aliphatic heterocycles. The molecule has 1 N–H and O–H groups in total. The summed E-state index contributed by atoms with van der Waals surface area (Å²) in [6.07, 6.45) is 5.87. The summed E-state index contributed by atoms with van der Waals surface area (Å²) < 4.78 is 4.74. The Balaban J connectivity index is 1.87. The first-order valence-electron chi connectivity index (χ1n) is 7.07. The first kappa shape index (κ1) is 15.6. The molecule has 0 heterocycles. The van der Waals surface area contributed by atoms with Gasteiger partial charge in [0.05, 0.1) is 0 Å². The van der Waals surface area contributed by atoms with Gasteiger partial charge in [0, 0.05) is 23.9 Å². The van der Waals surface area contributed by atoms with Crippen LogP contribution in [0.25, 0.3) is 10.8 Å². The van der Waals surface area contributed by atoms with Crippen molar-refractivity contribution in [3.63, 3.8) is 0 Å². The Morgan fingerprint density at radius 1 is 1.09 bits per heavy atom. The molecule has 0 aliphatic carbocycles. The fourth-order valence-corrected chi connectivity index (χ4v) is 2.13. The Kier molecular flexibility index (Phi) is 5.56. The predicted octanol–water partition coefficient (Wildman–Crippen LogP) is 3.13. The summed E-state index contributed by atoms with van der Waals surface area (Å²) in [6, 6.07) is 13.6. The van der Waals surface area contributed by atoms with E-state index < -0.39 is 0 Å². The Morgan fingerprint density at radius 2 is 1.86 bits per heavy atom. The summed E-state index contributed by atoms with van der Waals surface area (Å²) in [5, 5.41) is 4.94. The van der Waals surface area contributed by atoms with Crippen molar-refractivity contribution in [3.8, 4) is 12.3 Å². The molecular formula is C18H17NO3. The van der Waals surface area contributed by atoms with Crippen molar-refractivity contribution < 1.29 is 14.3 Å². The quantitative estimate of drug-likeness (QED) is 0.658. The van der Waals surface area contributed by atoms with Crippen LogP contribution in [-0.2, 0) is 14.3 Å². The average molecular weight is 295 g/mol. The van der Waals surface area contributed by atoms with E-state index in [1.165, 1.54) is 0 Å². The topological polar surface area (TPSA) is 55.4 Å². The van der Waals surface area contributed by atoms with Crippen LogP contribution >= 0.6 is 0 Å². The van der Waals surface area contributed by atoms with Crippen molar-refractivity contribution >= 4 is 28.3 Å². The van der Waals surface area contributed by atoms with Gasteiger partial charge in [-0.3, -0.25) is 9.59 Å². The summed E-state index contributed by atoms with van der Waals surface area (Å²) in [6.45, 7) is -0.0268. The number of carbonyl (C=O) groups is 2. The zero-order valence-corrected chi connectivity index (χ0v) is 12.2. The average Bonchev–Trinajstić information content (AvgIpc) is 2.53. The zero-order valence-electron chi connectivity index (χ0n) is 12.2. The van der Waals surface area contributed by atoms with E-state index in [2.05, 4.69) is 11.2 Å². The summed E-state index contributed by atoms with van der Waals surface area (Å²) in [4.78, 5) is 23.2. The van der Waals surface area contributed by atoms with Gasteiger partial charge in [0.25, 0.3) is 0 Å². The summed E-state index contributed by atoms with van der Waals surface area (Å²) in [5.74, 6) is 1.72. The van der Waals surface area contributed by atoms with E-state index in [1.54, 1.807) is 0 Å². The molecule has 2 rings (SSSR count). The van der Waals surface area contributed by atoms with Crippen LogP contribution in [0.1, 0.15) is 19.3 Å². The van der Waals surface area contributed by atoms with Crippen molar-refractivity contribution in [2.45, 2.75) is 19.3 Å². The van der Waals surface area contributed by atoms with Crippen LogP contribution in [0.15, 0.2) is 42.5 Å². The first-order chi connectivity index (χ1) is 10.7. The molecule has 0 unspecified atom stereocenters. The van der Waals surface area contributed by atoms with E-state index in [1.807, 2.05) is 42.5 Å². The summed E-state index contributed by atoms with van der Waals surface area (Å²) >= 11 is 0. The SMILES string of the molecule is C#CCOC(=O)CCCC(=O)Nc1cccc2ccccc12. The van der Waals surface area contributed by atoms with E-state index in [0.717, 1.165) is 16.5 Å². The maximum Gasteiger partial charge on any atom is 0.306 e. The number of benzene rings is 2. The lowest BCUT2D eigenvalue weighted by Gasteiger charge is -2.08. The highest BCUT2D eigenvalue weighted by Crippen LogP contribution is 2.23. The van der Waals surface area contributed by atoms with E-state index in [-0.39, 0.29) is 31.3 Å². The standard InChI is InChI=1S/C18H17NO3/c1-2-13-22-18(21)12-6-11-17(20)19-16-10-5-8-14-7-3-4-9-15(14)16/h1,3-5,7-10H,6,11-13H2,(H,19,20). The molecule has 0 fully saturated rings. The molecule has 0 saturated heterocycles. The lowest BCUT2D eigenvalue weighted by molar-refractivity contribution is -0.142. The van der Waals surface area contributed by atoms with Gasteiger partial charge in [-0.1, -0.05) is 42.3 Å². The van der Waals surface area contributed by atoms with Gasteiger partial charge in [-0.15, -0.1) is 6.42 Å². The van der Waals surface area contributed by atoms with E-state index in [0.29, 0.717) is 6.42 Å². The van der Waals surface area contributed by atoms with Crippen LogP contribution < -0.4 is 5.32 Å². The van der Waals surface area contributed by atoms with Gasteiger partial charge < -0.3 is 10.1 Å². The summed E-state index contributed by atoms with van der Waals surface area (Å²) in [7, 11) is 0. The third-order valence-corrected chi connectivity index (χ3v) is 3.16. The molecule has 112 valence electrons. The molecule has 0 bridgehead atoms. The van der Waals surface area contributed by atoms with Crippen molar-refractivity contribution in [1.82, 2.24) is 0 Å². The number of fused-ring (bicyclic) bond motifs is 1. The highest BCUT2D eigenvalue weighted by molar-refractivity contribution is 6.02. The number of hydrogen-bond acceptors (Lipinski definition) is 3. The monoisotopic (exact) mass is 295 g/mol. The molecular weight excluding hydrogens is 278 g/mol. The lowest BCUT2D eigenvalue weighted by atomic mass is 10.1. The molecule has 2 aromatic rings. The number of esters is 1. The second kappa shape index (κ2) is 7.84. The number of amides is 1. The lowest BCUT2D eigenvalue weighted by Crippen LogP contribution is -2.13. The highest BCUT2D eigenvalue weighted by atomic mass is 16.5. The minimum atomic E-state index is -0.379. The minimum absolute atomic E-state index is 0.0268. The van der Waals surface area contributed by atoms with Gasteiger partial charge >= 0.3 is 5.97 Å². The molecule has 2 aromatic carbocycles. The van der Waals surface area contributed by atoms with E-state index >= 15 is 0 Å². The Morgan fingerprint density at radius 3 is 2.68 bits per heavy atom. The van der Waals surface area contributed by atoms with Crippen LogP contribution in [0.5, 0.6) is 0 Å². The molecule has 0 saturated carbocycles. The van der Waals surface area contributed by atoms with Gasteiger partial charge in [0.1, 0.15) is 0 Å². The number of ether oxygens (including phenoxy) is 1. The number of anilines is 1. The third-order valence-electron chi connectivity index (χ3n) is 3.16. The predicted molar refractivity (Wildman–Crippen MR) is 86.2 cm³/mol. The zero-order chi connectivity index (χ0) is 15.8. The number of carbonyl (C=O) groups excluding carboxylic acids is 2. The molecule has 0 aromatic heterocycles. The van der Waals surface area contributed by atoms with Gasteiger partial charge in [-0.25, -0.2) is 0 Å². The normalized spacial score (nSPS) is 9.95. The van der Waals surface area contributed by atoms with Gasteiger partial charge in [-0.05, 0) is 17.9 Å². The number of rotatable bonds is 6. The van der Waals surface area contributed by atoms with Crippen LogP contribution in [0.3, 0.4) is 0 Å². The molecule has 4 heteroatoms. The second-order valence-corrected chi connectivity index (χ2v) is 4.79. The third kappa shape index (κ3) is 4.35. The van der Waals surface area contributed by atoms with Crippen molar-refractivity contribution in [2.24, 2.45) is 0 Å².